The summed E-state index contributed by atoms with van der Waals surface area (Å²) >= 11 is 0. The molecular formula is C16H25ClN2O2. The van der Waals surface area contributed by atoms with E-state index in [2.05, 4.69) is 22.3 Å². The van der Waals surface area contributed by atoms with Crippen molar-refractivity contribution in [2.45, 2.75) is 13.0 Å². The highest BCUT2D eigenvalue weighted by atomic mass is 35.5. The summed E-state index contributed by atoms with van der Waals surface area (Å²) in [5.74, 6) is 3.36. The average molecular weight is 313 g/mol. The molecule has 0 amide bonds. The van der Waals surface area contributed by atoms with Gasteiger partial charge in [0.2, 0.25) is 0 Å². The highest BCUT2D eigenvalue weighted by molar-refractivity contribution is 5.85. The molecular weight excluding hydrogens is 288 g/mol. The van der Waals surface area contributed by atoms with E-state index in [1.807, 2.05) is 6.07 Å². The molecule has 2 aliphatic rings. The normalized spacial score (nSPS) is 25.0. The Bertz CT molecular complexity index is 470. The molecule has 2 fully saturated rings. The molecule has 1 N–H and O–H groups in total. The van der Waals surface area contributed by atoms with Gasteiger partial charge < -0.3 is 14.8 Å². The standard InChI is InChI=1S/C16H24N2O2.ClH/c1-19-15-4-3-12(7-16(15)20-2)10-18-6-5-13-8-17-9-14(13)11-18;/h3-4,7,13-14,17H,5-6,8-11H2,1-2H3;1H. The number of fused-ring (bicyclic) bond motifs is 1. The van der Waals surface area contributed by atoms with Crippen molar-refractivity contribution < 1.29 is 9.47 Å². The molecule has 2 saturated heterocycles. The monoisotopic (exact) mass is 312 g/mol. The first kappa shape index (κ1) is 16.4. The van der Waals surface area contributed by atoms with Gasteiger partial charge in [0.15, 0.2) is 11.5 Å². The van der Waals surface area contributed by atoms with Crippen LogP contribution in [0.1, 0.15) is 12.0 Å². The van der Waals surface area contributed by atoms with Crippen molar-refractivity contribution in [2.75, 3.05) is 40.4 Å². The zero-order valence-electron chi connectivity index (χ0n) is 12.8. The van der Waals surface area contributed by atoms with E-state index in [0.29, 0.717) is 0 Å². The molecule has 3 rings (SSSR count). The van der Waals surface area contributed by atoms with Crippen LogP contribution in [-0.4, -0.2) is 45.3 Å². The summed E-state index contributed by atoms with van der Waals surface area (Å²) < 4.78 is 10.7. The number of hydrogen-bond acceptors (Lipinski definition) is 4. The minimum Gasteiger partial charge on any atom is -0.493 e. The van der Waals surface area contributed by atoms with E-state index in [4.69, 9.17) is 9.47 Å². The third kappa shape index (κ3) is 3.62. The van der Waals surface area contributed by atoms with Gasteiger partial charge in [-0.2, -0.15) is 0 Å². The van der Waals surface area contributed by atoms with Crippen LogP contribution in [0.15, 0.2) is 18.2 Å². The van der Waals surface area contributed by atoms with E-state index < -0.39 is 0 Å². The molecule has 0 aliphatic carbocycles. The lowest BCUT2D eigenvalue weighted by Crippen LogP contribution is -2.39. The van der Waals surface area contributed by atoms with E-state index in [9.17, 15) is 0 Å². The van der Waals surface area contributed by atoms with Crippen molar-refractivity contribution in [3.8, 4) is 11.5 Å². The molecule has 0 spiro atoms. The molecule has 2 atom stereocenters. The number of halogens is 1. The Morgan fingerprint density at radius 3 is 2.67 bits per heavy atom. The lowest BCUT2D eigenvalue weighted by atomic mass is 9.88. The molecule has 1 aromatic rings. The number of benzene rings is 1. The smallest absolute Gasteiger partial charge is 0.161 e. The van der Waals surface area contributed by atoms with Crippen LogP contribution in [-0.2, 0) is 6.54 Å². The lowest BCUT2D eigenvalue weighted by Gasteiger charge is -2.34. The van der Waals surface area contributed by atoms with E-state index in [-0.39, 0.29) is 12.4 Å². The number of nitrogens with one attached hydrogen (secondary N) is 1. The largest absolute Gasteiger partial charge is 0.493 e. The second-order valence-electron chi connectivity index (χ2n) is 5.89. The van der Waals surface area contributed by atoms with Gasteiger partial charge in [-0.15, -0.1) is 12.4 Å². The summed E-state index contributed by atoms with van der Waals surface area (Å²) in [6.45, 7) is 5.83. The van der Waals surface area contributed by atoms with Crippen molar-refractivity contribution in [3.63, 3.8) is 0 Å². The molecule has 0 aromatic heterocycles. The zero-order valence-corrected chi connectivity index (χ0v) is 13.6. The van der Waals surface area contributed by atoms with Gasteiger partial charge in [-0.05, 0) is 55.6 Å². The highest BCUT2D eigenvalue weighted by Gasteiger charge is 2.32. The Kier molecular flexibility index (Phi) is 5.73. The van der Waals surface area contributed by atoms with E-state index in [1.54, 1.807) is 14.2 Å². The van der Waals surface area contributed by atoms with Crippen LogP contribution >= 0.6 is 12.4 Å². The Morgan fingerprint density at radius 2 is 1.90 bits per heavy atom. The van der Waals surface area contributed by atoms with Crippen LogP contribution < -0.4 is 14.8 Å². The maximum Gasteiger partial charge on any atom is 0.161 e. The Hall–Kier alpha value is -0.970. The maximum absolute atomic E-state index is 5.38. The number of nitrogens with zero attached hydrogens (tertiary/aromatic N) is 1. The molecule has 21 heavy (non-hydrogen) atoms. The Balaban J connectivity index is 0.00000161. The highest BCUT2D eigenvalue weighted by Crippen LogP contribution is 2.30. The van der Waals surface area contributed by atoms with Gasteiger partial charge >= 0.3 is 0 Å². The second-order valence-corrected chi connectivity index (χ2v) is 5.89. The van der Waals surface area contributed by atoms with Gasteiger partial charge in [0.25, 0.3) is 0 Å². The van der Waals surface area contributed by atoms with Crippen LogP contribution in [0, 0.1) is 11.8 Å². The summed E-state index contributed by atoms with van der Waals surface area (Å²) in [5.41, 5.74) is 1.30. The summed E-state index contributed by atoms with van der Waals surface area (Å²) in [5, 5.41) is 3.52. The zero-order chi connectivity index (χ0) is 13.9. The van der Waals surface area contributed by atoms with Crippen LogP contribution in [0.3, 0.4) is 0 Å². The predicted molar refractivity (Wildman–Crippen MR) is 86.5 cm³/mol. The summed E-state index contributed by atoms with van der Waals surface area (Å²) in [4.78, 5) is 2.56. The van der Waals surface area contributed by atoms with Crippen molar-refractivity contribution in [1.29, 1.82) is 0 Å². The number of ether oxygens (including phenoxy) is 2. The van der Waals surface area contributed by atoms with Crippen molar-refractivity contribution in [3.05, 3.63) is 23.8 Å². The summed E-state index contributed by atoms with van der Waals surface area (Å²) in [6.07, 6.45) is 1.32. The number of methoxy groups -OCH3 is 2. The Morgan fingerprint density at radius 1 is 1.14 bits per heavy atom. The van der Waals surface area contributed by atoms with Gasteiger partial charge in [-0.1, -0.05) is 6.07 Å². The van der Waals surface area contributed by atoms with E-state index in [0.717, 1.165) is 29.9 Å². The minimum atomic E-state index is 0. The SMILES string of the molecule is COc1ccc(CN2CCC3CNCC3C2)cc1OC.Cl. The van der Waals surface area contributed by atoms with Gasteiger partial charge in [0.05, 0.1) is 14.2 Å². The van der Waals surface area contributed by atoms with Gasteiger partial charge in [0.1, 0.15) is 0 Å². The second kappa shape index (κ2) is 7.34. The molecule has 1 aromatic carbocycles. The molecule has 2 unspecified atom stereocenters. The van der Waals surface area contributed by atoms with Gasteiger partial charge in [-0.3, -0.25) is 4.90 Å². The molecule has 2 heterocycles. The van der Waals surface area contributed by atoms with Crippen LogP contribution in [0.25, 0.3) is 0 Å². The first-order valence-electron chi connectivity index (χ1n) is 7.44. The van der Waals surface area contributed by atoms with Crippen LogP contribution in [0.2, 0.25) is 0 Å². The quantitative estimate of drug-likeness (QED) is 0.924. The molecule has 118 valence electrons. The molecule has 0 bridgehead atoms. The number of piperidine rings is 1. The topological polar surface area (TPSA) is 33.7 Å². The fourth-order valence-electron chi connectivity index (χ4n) is 3.49. The average Bonchev–Trinajstić information content (AvgIpc) is 2.94. The van der Waals surface area contributed by atoms with Crippen LogP contribution in [0.5, 0.6) is 11.5 Å². The lowest BCUT2D eigenvalue weighted by molar-refractivity contribution is 0.142. The van der Waals surface area contributed by atoms with E-state index in [1.165, 1.54) is 38.2 Å². The van der Waals surface area contributed by atoms with Crippen molar-refractivity contribution in [1.82, 2.24) is 10.2 Å². The fraction of sp³-hybridized carbons (Fsp3) is 0.625. The number of likely N-dealkylation sites (tertiary alicyclic amines) is 1. The first-order valence-corrected chi connectivity index (χ1v) is 7.44. The van der Waals surface area contributed by atoms with E-state index >= 15 is 0 Å². The predicted octanol–water partition coefficient (Wildman–Crippen LogP) is 2.17. The molecule has 5 heteroatoms. The summed E-state index contributed by atoms with van der Waals surface area (Å²) in [6, 6.07) is 6.23. The molecule has 2 aliphatic heterocycles. The minimum absolute atomic E-state index is 0. The number of hydrogen-bond donors (Lipinski definition) is 1. The third-order valence-electron chi connectivity index (χ3n) is 4.64. The van der Waals surface area contributed by atoms with Gasteiger partial charge in [0, 0.05) is 13.1 Å². The van der Waals surface area contributed by atoms with Crippen molar-refractivity contribution in [2.24, 2.45) is 11.8 Å². The molecule has 0 radical (unpaired) electrons. The molecule has 4 nitrogen and oxygen atoms in total. The first-order chi connectivity index (χ1) is 9.80. The summed E-state index contributed by atoms with van der Waals surface area (Å²) in [7, 11) is 3.37. The van der Waals surface area contributed by atoms with Crippen molar-refractivity contribution >= 4 is 12.4 Å². The molecule has 0 saturated carbocycles. The third-order valence-corrected chi connectivity index (χ3v) is 4.64. The fourth-order valence-corrected chi connectivity index (χ4v) is 3.49. The Labute approximate surface area is 133 Å². The maximum atomic E-state index is 5.38. The van der Waals surface area contributed by atoms with Gasteiger partial charge in [-0.25, -0.2) is 0 Å². The number of rotatable bonds is 4. The van der Waals surface area contributed by atoms with Crippen LogP contribution in [0.4, 0.5) is 0 Å².